The summed E-state index contributed by atoms with van der Waals surface area (Å²) in [4.78, 5) is 23.8. The van der Waals surface area contributed by atoms with Gasteiger partial charge in [0.15, 0.2) is 0 Å². The lowest BCUT2D eigenvalue weighted by atomic mass is 9.62. The molecular weight excluding hydrogens is 340 g/mol. The van der Waals surface area contributed by atoms with Crippen molar-refractivity contribution in [3.05, 3.63) is 0 Å². The molecule has 3 rings (SSSR count). The summed E-state index contributed by atoms with van der Waals surface area (Å²) >= 11 is 0. The molecule has 0 aromatic carbocycles. The fourth-order valence-corrected chi connectivity index (χ4v) is 4.08. The SMILES string of the molecule is CC1(C)CC(NC(=O)OCC2CO2)CC(C)(CNC(=O)OCC2CO2)C1. The molecule has 8 nitrogen and oxygen atoms in total. The molecule has 2 amide bonds. The van der Waals surface area contributed by atoms with Crippen molar-refractivity contribution in [2.75, 3.05) is 33.0 Å². The first-order valence-electron chi connectivity index (χ1n) is 9.30. The number of alkyl carbamates (subject to hydrolysis) is 2. The van der Waals surface area contributed by atoms with Gasteiger partial charge in [0.2, 0.25) is 0 Å². The molecule has 148 valence electrons. The lowest BCUT2D eigenvalue weighted by Gasteiger charge is -2.46. The first kappa shape index (κ1) is 19.2. The van der Waals surface area contributed by atoms with Gasteiger partial charge in [0, 0.05) is 12.6 Å². The molecule has 0 spiro atoms. The average Bonchev–Trinajstić information content (AvgIpc) is 3.42. The Kier molecular flexibility index (Phi) is 5.62. The lowest BCUT2D eigenvalue weighted by Crippen LogP contribution is -2.50. The Bertz CT molecular complexity index is 532. The molecule has 0 bridgehead atoms. The Hall–Kier alpha value is -1.54. The summed E-state index contributed by atoms with van der Waals surface area (Å²) in [6.07, 6.45) is 1.91. The van der Waals surface area contributed by atoms with Gasteiger partial charge in [0.1, 0.15) is 25.4 Å². The molecule has 3 aliphatic rings. The van der Waals surface area contributed by atoms with E-state index in [2.05, 4.69) is 31.4 Å². The van der Waals surface area contributed by atoms with E-state index in [-0.39, 0.29) is 29.1 Å². The van der Waals surface area contributed by atoms with Crippen molar-refractivity contribution in [2.24, 2.45) is 10.8 Å². The molecule has 2 saturated heterocycles. The molecule has 2 N–H and O–H groups in total. The van der Waals surface area contributed by atoms with E-state index in [1.165, 1.54) is 0 Å². The maximum absolute atomic E-state index is 12.0. The van der Waals surface area contributed by atoms with Crippen molar-refractivity contribution in [1.82, 2.24) is 10.6 Å². The van der Waals surface area contributed by atoms with Crippen LogP contribution in [-0.4, -0.2) is 63.4 Å². The normalized spacial score (nSPS) is 34.5. The van der Waals surface area contributed by atoms with Crippen LogP contribution in [0.15, 0.2) is 0 Å². The fraction of sp³-hybridized carbons (Fsp3) is 0.889. The predicted octanol–water partition coefficient (Wildman–Crippen LogP) is 1.82. The quantitative estimate of drug-likeness (QED) is 0.663. The monoisotopic (exact) mass is 370 g/mol. The molecule has 4 unspecified atom stereocenters. The third-order valence-corrected chi connectivity index (χ3v) is 5.03. The average molecular weight is 370 g/mol. The lowest BCUT2D eigenvalue weighted by molar-refractivity contribution is 0.0611. The summed E-state index contributed by atoms with van der Waals surface area (Å²) in [6, 6.07) is 0.00839. The summed E-state index contributed by atoms with van der Waals surface area (Å²) in [6.45, 7) is 8.94. The van der Waals surface area contributed by atoms with Crippen molar-refractivity contribution in [2.45, 2.75) is 58.3 Å². The van der Waals surface area contributed by atoms with E-state index >= 15 is 0 Å². The number of epoxide rings is 2. The Labute approximate surface area is 154 Å². The van der Waals surface area contributed by atoms with Crippen LogP contribution in [0.5, 0.6) is 0 Å². The minimum atomic E-state index is -0.418. The minimum absolute atomic E-state index is 0.00839. The molecular formula is C18H30N2O6. The van der Waals surface area contributed by atoms with Gasteiger partial charge in [-0.1, -0.05) is 20.8 Å². The highest BCUT2D eigenvalue weighted by Crippen LogP contribution is 2.45. The highest BCUT2D eigenvalue weighted by molar-refractivity contribution is 5.68. The largest absolute Gasteiger partial charge is 0.447 e. The molecule has 1 aliphatic carbocycles. The second-order valence-electron chi connectivity index (χ2n) is 8.86. The number of carbonyl (C=O) groups is 2. The zero-order valence-electron chi connectivity index (χ0n) is 15.8. The van der Waals surface area contributed by atoms with E-state index in [9.17, 15) is 9.59 Å². The first-order valence-corrected chi connectivity index (χ1v) is 9.30. The predicted molar refractivity (Wildman–Crippen MR) is 92.8 cm³/mol. The van der Waals surface area contributed by atoms with Gasteiger partial charge < -0.3 is 29.6 Å². The molecule has 4 atom stereocenters. The van der Waals surface area contributed by atoms with Crippen molar-refractivity contribution < 1.29 is 28.5 Å². The van der Waals surface area contributed by atoms with Crippen LogP contribution in [-0.2, 0) is 18.9 Å². The van der Waals surface area contributed by atoms with Crippen LogP contribution in [0.3, 0.4) is 0 Å². The smallest absolute Gasteiger partial charge is 0.407 e. The Morgan fingerprint density at radius 3 is 2.15 bits per heavy atom. The van der Waals surface area contributed by atoms with Crippen LogP contribution in [0.4, 0.5) is 9.59 Å². The van der Waals surface area contributed by atoms with Crippen LogP contribution in [0.2, 0.25) is 0 Å². The molecule has 1 saturated carbocycles. The number of hydrogen-bond donors (Lipinski definition) is 2. The summed E-state index contributed by atoms with van der Waals surface area (Å²) in [7, 11) is 0. The topological polar surface area (TPSA) is 102 Å². The van der Waals surface area contributed by atoms with Gasteiger partial charge >= 0.3 is 12.2 Å². The van der Waals surface area contributed by atoms with Gasteiger partial charge in [-0.2, -0.15) is 0 Å². The Morgan fingerprint density at radius 2 is 1.58 bits per heavy atom. The van der Waals surface area contributed by atoms with E-state index in [0.29, 0.717) is 33.0 Å². The number of carbonyl (C=O) groups excluding carboxylic acids is 2. The maximum Gasteiger partial charge on any atom is 0.407 e. The van der Waals surface area contributed by atoms with Crippen molar-refractivity contribution in [3.8, 4) is 0 Å². The number of nitrogens with one attached hydrogen (secondary N) is 2. The van der Waals surface area contributed by atoms with Crippen LogP contribution in [0, 0.1) is 10.8 Å². The highest BCUT2D eigenvalue weighted by atomic mass is 16.6. The number of hydrogen-bond acceptors (Lipinski definition) is 6. The van der Waals surface area contributed by atoms with Crippen molar-refractivity contribution in [1.29, 1.82) is 0 Å². The van der Waals surface area contributed by atoms with Gasteiger partial charge in [-0.15, -0.1) is 0 Å². The van der Waals surface area contributed by atoms with Gasteiger partial charge in [-0.25, -0.2) is 9.59 Å². The van der Waals surface area contributed by atoms with Gasteiger partial charge in [-0.3, -0.25) is 0 Å². The van der Waals surface area contributed by atoms with Crippen LogP contribution < -0.4 is 10.6 Å². The summed E-state index contributed by atoms with van der Waals surface area (Å²) in [5.41, 5.74) is -0.0770. The molecule has 8 heteroatoms. The molecule has 26 heavy (non-hydrogen) atoms. The van der Waals surface area contributed by atoms with E-state index in [1.807, 2.05) is 0 Å². The molecule has 2 heterocycles. The zero-order chi connectivity index (χ0) is 18.8. The van der Waals surface area contributed by atoms with Crippen LogP contribution in [0.1, 0.15) is 40.0 Å². The maximum atomic E-state index is 12.0. The van der Waals surface area contributed by atoms with Crippen LogP contribution in [0.25, 0.3) is 0 Å². The number of ether oxygens (including phenoxy) is 4. The minimum Gasteiger partial charge on any atom is -0.447 e. The third-order valence-electron chi connectivity index (χ3n) is 5.03. The highest BCUT2D eigenvalue weighted by Gasteiger charge is 2.42. The van der Waals surface area contributed by atoms with Gasteiger partial charge in [-0.05, 0) is 30.1 Å². The molecule has 0 radical (unpaired) electrons. The van der Waals surface area contributed by atoms with E-state index < -0.39 is 12.2 Å². The summed E-state index contributed by atoms with van der Waals surface area (Å²) in [5, 5.41) is 5.83. The van der Waals surface area contributed by atoms with Crippen LogP contribution >= 0.6 is 0 Å². The Morgan fingerprint density at radius 1 is 1.00 bits per heavy atom. The Balaban J connectivity index is 1.46. The van der Waals surface area contributed by atoms with E-state index in [0.717, 1.165) is 19.3 Å². The third kappa shape index (κ3) is 6.32. The number of rotatable bonds is 7. The van der Waals surface area contributed by atoms with E-state index in [4.69, 9.17) is 18.9 Å². The molecule has 0 aromatic rings. The van der Waals surface area contributed by atoms with E-state index in [1.54, 1.807) is 0 Å². The zero-order valence-corrected chi connectivity index (χ0v) is 15.8. The standard InChI is InChI=1S/C18H30N2O6/c1-17(2)4-12(20-16(22)26-9-14-7-24-14)5-18(3,10-17)11-19-15(21)25-8-13-6-23-13/h12-14H,4-11H2,1-3H3,(H,19,21)(H,20,22). The summed E-state index contributed by atoms with van der Waals surface area (Å²) < 4.78 is 20.4. The first-order chi connectivity index (χ1) is 12.2. The van der Waals surface area contributed by atoms with Gasteiger partial charge in [0.25, 0.3) is 0 Å². The van der Waals surface area contributed by atoms with Crippen molar-refractivity contribution in [3.63, 3.8) is 0 Å². The molecule has 3 fully saturated rings. The summed E-state index contributed by atoms with van der Waals surface area (Å²) in [5.74, 6) is 0. The second-order valence-corrected chi connectivity index (χ2v) is 8.86. The number of amides is 2. The van der Waals surface area contributed by atoms with Gasteiger partial charge in [0.05, 0.1) is 13.2 Å². The second kappa shape index (κ2) is 7.60. The molecule has 0 aromatic heterocycles. The fourth-order valence-electron chi connectivity index (χ4n) is 4.08. The molecule has 2 aliphatic heterocycles. The van der Waals surface area contributed by atoms with Crippen molar-refractivity contribution >= 4 is 12.2 Å².